The first kappa shape index (κ1) is 17.1. The highest BCUT2D eigenvalue weighted by Crippen LogP contribution is 2.41. The quantitative estimate of drug-likeness (QED) is 0.529. The summed E-state index contributed by atoms with van der Waals surface area (Å²) in [6.07, 6.45) is 0. The van der Waals surface area contributed by atoms with Crippen LogP contribution in [0.4, 0.5) is 8.78 Å². The molecule has 4 nitrogen and oxygen atoms in total. The van der Waals surface area contributed by atoms with Crippen LogP contribution in [0.2, 0.25) is 0 Å². The number of fused-ring (bicyclic) bond motifs is 1. The standard InChI is InChI=1S/C18H8Br2F2N2O2/c19-11-3-1-7(21)5-9(11)15-13-14(18(26)23-15)16(24-17(13)25)10-6-8(22)2-4-12(10)20/h1-6,23,26H. The second kappa shape index (κ2) is 6.14. The topological polar surface area (TPSA) is 65.4 Å². The lowest BCUT2D eigenvalue weighted by Crippen LogP contribution is -2.02. The fraction of sp³-hybridized carbons (Fsp3) is 0. The van der Waals surface area contributed by atoms with E-state index in [9.17, 15) is 18.7 Å². The molecule has 130 valence electrons. The van der Waals surface area contributed by atoms with E-state index >= 15 is 0 Å². The molecule has 1 amide bonds. The fourth-order valence-corrected chi connectivity index (χ4v) is 3.79. The van der Waals surface area contributed by atoms with Gasteiger partial charge < -0.3 is 10.1 Å². The zero-order chi connectivity index (χ0) is 18.6. The van der Waals surface area contributed by atoms with Crippen LogP contribution in [-0.4, -0.2) is 21.7 Å². The van der Waals surface area contributed by atoms with Crippen molar-refractivity contribution in [3.63, 3.8) is 0 Å². The van der Waals surface area contributed by atoms with Crippen LogP contribution >= 0.6 is 31.9 Å². The van der Waals surface area contributed by atoms with Crippen molar-refractivity contribution in [2.75, 3.05) is 0 Å². The predicted molar refractivity (Wildman–Crippen MR) is 99.6 cm³/mol. The molecule has 3 aromatic rings. The lowest BCUT2D eigenvalue weighted by Gasteiger charge is -2.04. The van der Waals surface area contributed by atoms with E-state index in [1.807, 2.05) is 0 Å². The predicted octanol–water partition coefficient (Wildman–Crippen LogP) is 5.18. The molecule has 2 aromatic carbocycles. The Labute approximate surface area is 162 Å². The van der Waals surface area contributed by atoms with Crippen molar-refractivity contribution in [2.45, 2.75) is 0 Å². The molecule has 26 heavy (non-hydrogen) atoms. The molecule has 0 saturated carbocycles. The number of nitrogens with zero attached hydrogens (tertiary/aromatic N) is 1. The monoisotopic (exact) mass is 480 g/mol. The van der Waals surface area contributed by atoms with Crippen molar-refractivity contribution in [3.05, 3.63) is 73.7 Å². The molecule has 1 aromatic heterocycles. The molecule has 1 aliphatic rings. The van der Waals surface area contributed by atoms with Gasteiger partial charge in [-0.2, -0.15) is 0 Å². The summed E-state index contributed by atoms with van der Waals surface area (Å²) in [5, 5.41) is 10.4. The molecule has 0 spiro atoms. The van der Waals surface area contributed by atoms with E-state index in [0.29, 0.717) is 20.1 Å². The van der Waals surface area contributed by atoms with Gasteiger partial charge in [0.1, 0.15) is 11.6 Å². The molecule has 0 fully saturated rings. The molecule has 0 unspecified atom stereocenters. The maximum atomic E-state index is 13.7. The Kier molecular flexibility index (Phi) is 4.04. The van der Waals surface area contributed by atoms with E-state index in [2.05, 4.69) is 41.8 Å². The van der Waals surface area contributed by atoms with Gasteiger partial charge in [0.05, 0.1) is 22.5 Å². The van der Waals surface area contributed by atoms with Crippen LogP contribution in [0.3, 0.4) is 0 Å². The Morgan fingerprint density at radius 2 is 1.50 bits per heavy atom. The number of nitrogens with one attached hydrogen (secondary N) is 1. The number of halogens is 4. The maximum Gasteiger partial charge on any atom is 0.280 e. The average molecular weight is 482 g/mol. The minimum absolute atomic E-state index is 0.111. The van der Waals surface area contributed by atoms with Crippen molar-refractivity contribution < 1.29 is 18.7 Å². The summed E-state index contributed by atoms with van der Waals surface area (Å²) in [6, 6.07) is 7.97. The van der Waals surface area contributed by atoms with Crippen LogP contribution < -0.4 is 0 Å². The van der Waals surface area contributed by atoms with Gasteiger partial charge in [-0.1, -0.05) is 31.9 Å². The summed E-state index contributed by atoms with van der Waals surface area (Å²) in [4.78, 5) is 19.2. The summed E-state index contributed by atoms with van der Waals surface area (Å²) >= 11 is 6.61. The molecule has 0 bridgehead atoms. The zero-order valence-electron chi connectivity index (χ0n) is 12.8. The van der Waals surface area contributed by atoms with Gasteiger partial charge in [0.2, 0.25) is 0 Å². The summed E-state index contributed by atoms with van der Waals surface area (Å²) in [5.74, 6) is -1.90. The minimum atomic E-state index is -0.603. The molecular formula is C18H8Br2F2N2O2. The lowest BCUT2D eigenvalue weighted by atomic mass is 10.00. The largest absolute Gasteiger partial charge is 0.494 e. The summed E-state index contributed by atoms with van der Waals surface area (Å²) in [6.45, 7) is 0. The third-order valence-corrected chi connectivity index (χ3v) is 5.41. The number of amides is 1. The van der Waals surface area contributed by atoms with E-state index < -0.39 is 17.5 Å². The molecule has 0 radical (unpaired) electrons. The number of aliphatic imine (C=N–C) groups is 1. The molecule has 0 aliphatic carbocycles. The van der Waals surface area contributed by atoms with E-state index in [1.165, 1.54) is 36.4 Å². The molecule has 8 heteroatoms. The number of aromatic amines is 1. The number of benzene rings is 2. The SMILES string of the molecule is O=C1N=C(c2cc(F)ccc2Br)c2c(O)[nH]c(-c3cc(F)ccc3Br)c21. The van der Waals surface area contributed by atoms with E-state index in [1.54, 1.807) is 0 Å². The van der Waals surface area contributed by atoms with Crippen LogP contribution in [0.1, 0.15) is 21.5 Å². The van der Waals surface area contributed by atoms with Gasteiger partial charge in [-0.25, -0.2) is 13.8 Å². The number of H-pyrrole nitrogens is 1. The number of carbonyl (C=O) groups is 1. The third-order valence-electron chi connectivity index (χ3n) is 4.03. The van der Waals surface area contributed by atoms with Crippen LogP contribution in [0.5, 0.6) is 5.88 Å². The Morgan fingerprint density at radius 1 is 0.923 bits per heavy atom. The van der Waals surface area contributed by atoms with Crippen molar-refractivity contribution in [2.24, 2.45) is 4.99 Å². The van der Waals surface area contributed by atoms with Crippen molar-refractivity contribution in [3.8, 4) is 17.1 Å². The van der Waals surface area contributed by atoms with Gasteiger partial charge in [-0.05, 0) is 36.4 Å². The molecular weight excluding hydrogens is 474 g/mol. The number of hydrogen-bond acceptors (Lipinski definition) is 2. The normalized spacial score (nSPS) is 13.1. The van der Waals surface area contributed by atoms with Gasteiger partial charge >= 0.3 is 0 Å². The highest BCUT2D eigenvalue weighted by molar-refractivity contribution is 9.10. The van der Waals surface area contributed by atoms with Gasteiger partial charge in [-0.3, -0.25) is 4.79 Å². The maximum absolute atomic E-state index is 13.7. The molecule has 2 heterocycles. The summed E-state index contributed by atoms with van der Waals surface area (Å²) in [5.41, 5.74) is 1.34. The first-order chi connectivity index (χ1) is 12.4. The number of aromatic hydroxyl groups is 1. The van der Waals surface area contributed by atoms with Crippen LogP contribution in [0, 0.1) is 11.6 Å². The van der Waals surface area contributed by atoms with Gasteiger partial charge in [-0.15, -0.1) is 0 Å². The first-order valence-corrected chi connectivity index (χ1v) is 8.94. The molecule has 2 N–H and O–H groups in total. The third kappa shape index (κ3) is 2.60. The Morgan fingerprint density at radius 3 is 2.15 bits per heavy atom. The van der Waals surface area contributed by atoms with Crippen LogP contribution in [0.25, 0.3) is 11.3 Å². The molecule has 4 rings (SSSR count). The van der Waals surface area contributed by atoms with Crippen molar-refractivity contribution >= 4 is 43.5 Å². The smallest absolute Gasteiger partial charge is 0.280 e. The van der Waals surface area contributed by atoms with Crippen LogP contribution in [-0.2, 0) is 0 Å². The van der Waals surface area contributed by atoms with Gasteiger partial charge in [0.25, 0.3) is 5.91 Å². The number of carbonyl (C=O) groups excluding carboxylic acids is 1. The summed E-state index contributed by atoms with van der Waals surface area (Å²) in [7, 11) is 0. The molecule has 1 aliphatic heterocycles. The van der Waals surface area contributed by atoms with E-state index in [-0.39, 0.29) is 28.4 Å². The molecule has 0 saturated heterocycles. The fourth-order valence-electron chi connectivity index (χ4n) is 2.91. The Bertz CT molecular complexity index is 1120. The first-order valence-electron chi connectivity index (χ1n) is 7.36. The highest BCUT2D eigenvalue weighted by Gasteiger charge is 2.34. The van der Waals surface area contributed by atoms with Crippen molar-refractivity contribution in [1.82, 2.24) is 4.98 Å². The van der Waals surface area contributed by atoms with E-state index in [4.69, 9.17) is 0 Å². The van der Waals surface area contributed by atoms with Gasteiger partial charge in [0, 0.05) is 20.1 Å². The highest BCUT2D eigenvalue weighted by atomic mass is 79.9. The van der Waals surface area contributed by atoms with Crippen molar-refractivity contribution in [1.29, 1.82) is 0 Å². The average Bonchev–Trinajstić information content (AvgIpc) is 3.11. The Hall–Kier alpha value is -2.32. The Balaban J connectivity index is 1.95. The van der Waals surface area contributed by atoms with E-state index in [0.717, 1.165) is 0 Å². The second-order valence-electron chi connectivity index (χ2n) is 5.61. The zero-order valence-corrected chi connectivity index (χ0v) is 16.0. The number of aromatic nitrogens is 1. The minimum Gasteiger partial charge on any atom is -0.494 e. The summed E-state index contributed by atoms with van der Waals surface area (Å²) < 4.78 is 28.4. The lowest BCUT2D eigenvalue weighted by molar-refractivity contribution is 0.101. The van der Waals surface area contributed by atoms with Gasteiger partial charge in [0.15, 0.2) is 5.88 Å². The number of hydrogen-bond donors (Lipinski definition) is 2. The number of rotatable bonds is 2. The van der Waals surface area contributed by atoms with Crippen LogP contribution in [0.15, 0.2) is 50.3 Å². The molecule has 0 atom stereocenters. The second-order valence-corrected chi connectivity index (χ2v) is 7.32.